The van der Waals surface area contributed by atoms with Gasteiger partial charge >= 0.3 is 0 Å². The summed E-state index contributed by atoms with van der Waals surface area (Å²) in [5, 5.41) is 35.5. The fourth-order valence-corrected chi connectivity index (χ4v) is 2.84. The molecule has 0 aliphatic heterocycles. The molecular weight excluding hydrogens is 384 g/mol. The van der Waals surface area contributed by atoms with Crippen LogP contribution in [0.5, 0.6) is 23.0 Å². The largest absolute Gasteiger partial charge is 0.508 e. The fraction of sp³-hybridized carbons (Fsp3) is 0. The third-order valence-electron chi connectivity index (χ3n) is 3.42. The van der Waals surface area contributed by atoms with Gasteiger partial charge in [-0.15, -0.1) is 0 Å². The molecule has 0 saturated heterocycles. The highest BCUT2D eigenvalue weighted by molar-refractivity contribution is 7.99. The van der Waals surface area contributed by atoms with Gasteiger partial charge in [-0.25, -0.2) is 0 Å². The van der Waals surface area contributed by atoms with E-state index in [0.29, 0.717) is 11.5 Å². The van der Waals surface area contributed by atoms with Gasteiger partial charge in [0.1, 0.15) is 23.0 Å². The molecule has 148 valence electrons. The van der Waals surface area contributed by atoms with Crippen LogP contribution in [0.4, 0.5) is 0 Å². The van der Waals surface area contributed by atoms with Crippen molar-refractivity contribution in [3.8, 4) is 23.0 Å². The Bertz CT molecular complexity index is 861. The van der Waals surface area contributed by atoms with E-state index < -0.39 is 0 Å². The highest BCUT2D eigenvalue weighted by Crippen LogP contribution is 2.29. The first-order valence-corrected chi connectivity index (χ1v) is 9.58. The topological polar surface area (TPSA) is 80.9 Å². The second-order valence-electron chi connectivity index (χ2n) is 5.76. The number of hydrogen-bond acceptors (Lipinski definition) is 5. The van der Waals surface area contributed by atoms with E-state index in [2.05, 4.69) is 0 Å². The predicted octanol–water partition coefficient (Wildman–Crippen LogP) is 6.03. The van der Waals surface area contributed by atoms with Gasteiger partial charge in [0.25, 0.3) is 0 Å². The van der Waals surface area contributed by atoms with Crippen LogP contribution in [-0.4, -0.2) is 20.4 Å². The summed E-state index contributed by atoms with van der Waals surface area (Å²) in [6.45, 7) is 0. The quantitative estimate of drug-likeness (QED) is 0.327. The highest BCUT2D eigenvalue weighted by atomic mass is 32.2. The van der Waals surface area contributed by atoms with E-state index in [1.54, 1.807) is 84.6 Å². The first kappa shape index (κ1) is 21.7. The third kappa shape index (κ3) is 9.26. The lowest BCUT2D eigenvalue weighted by atomic mass is 10.3. The number of aromatic hydroxyl groups is 4. The van der Waals surface area contributed by atoms with Crippen molar-refractivity contribution in [3.63, 3.8) is 0 Å². The summed E-state index contributed by atoms with van der Waals surface area (Å²) in [6.07, 6.45) is 0. The number of phenolic OH excluding ortho intramolecular Hbond substituents is 4. The van der Waals surface area contributed by atoms with Gasteiger partial charge in [-0.05, 0) is 72.8 Å². The molecule has 4 aromatic carbocycles. The lowest BCUT2D eigenvalue weighted by Crippen LogP contribution is -1.73. The molecule has 0 aliphatic carbocycles. The number of rotatable bonds is 2. The summed E-state index contributed by atoms with van der Waals surface area (Å²) in [6, 6.07) is 31.5. The van der Waals surface area contributed by atoms with E-state index in [1.807, 2.05) is 36.4 Å². The molecule has 0 aromatic heterocycles. The molecule has 4 N–H and O–H groups in total. The smallest absolute Gasteiger partial charge is 0.115 e. The van der Waals surface area contributed by atoms with Gasteiger partial charge in [0.2, 0.25) is 0 Å². The number of benzene rings is 4. The highest BCUT2D eigenvalue weighted by Gasteiger charge is 1.97. The Morgan fingerprint density at radius 1 is 0.345 bits per heavy atom. The SMILES string of the molecule is Oc1ccc(Sc2ccc(O)cc2)cc1.Oc1ccccc1.Oc1ccccc1. The molecule has 4 aromatic rings. The van der Waals surface area contributed by atoms with E-state index in [-0.39, 0.29) is 11.5 Å². The van der Waals surface area contributed by atoms with Crippen LogP contribution in [-0.2, 0) is 0 Å². The zero-order valence-corrected chi connectivity index (χ0v) is 16.4. The van der Waals surface area contributed by atoms with Gasteiger partial charge in [-0.3, -0.25) is 0 Å². The molecule has 0 unspecified atom stereocenters. The standard InChI is InChI=1S/C12H10O2S.2C6H6O/c13-9-1-5-11(6-2-9)15-12-7-3-10(14)4-8-12;2*7-6-4-2-1-3-5-6/h1-8,13-14H;2*1-5,7H. The molecule has 0 radical (unpaired) electrons. The Hall–Kier alpha value is -3.57. The van der Waals surface area contributed by atoms with Crippen LogP contribution in [0.3, 0.4) is 0 Å². The van der Waals surface area contributed by atoms with Crippen LogP contribution in [0, 0.1) is 0 Å². The molecule has 0 spiro atoms. The molecule has 4 nitrogen and oxygen atoms in total. The molecular formula is C24H22O4S. The van der Waals surface area contributed by atoms with E-state index in [4.69, 9.17) is 20.4 Å². The van der Waals surface area contributed by atoms with E-state index in [1.165, 1.54) is 0 Å². The summed E-state index contributed by atoms with van der Waals surface area (Å²) in [4.78, 5) is 2.11. The molecule has 0 saturated carbocycles. The van der Waals surface area contributed by atoms with E-state index in [9.17, 15) is 0 Å². The molecule has 0 amide bonds. The fourth-order valence-electron chi connectivity index (χ4n) is 2.02. The van der Waals surface area contributed by atoms with Crippen molar-refractivity contribution >= 4 is 11.8 Å². The number of hydrogen-bond donors (Lipinski definition) is 4. The lowest BCUT2D eigenvalue weighted by Gasteiger charge is -2.01. The van der Waals surface area contributed by atoms with Gasteiger partial charge in [0, 0.05) is 9.79 Å². The van der Waals surface area contributed by atoms with Crippen LogP contribution in [0.1, 0.15) is 0 Å². The third-order valence-corrected chi connectivity index (χ3v) is 4.44. The molecule has 0 bridgehead atoms. The summed E-state index contributed by atoms with van der Waals surface area (Å²) in [5.41, 5.74) is 0. The van der Waals surface area contributed by atoms with Gasteiger partial charge in [0.15, 0.2) is 0 Å². The number of phenols is 4. The first-order valence-electron chi connectivity index (χ1n) is 8.77. The zero-order valence-electron chi connectivity index (χ0n) is 15.6. The van der Waals surface area contributed by atoms with Crippen LogP contribution in [0.2, 0.25) is 0 Å². The summed E-state index contributed by atoms with van der Waals surface area (Å²) >= 11 is 1.58. The summed E-state index contributed by atoms with van der Waals surface area (Å²) in [5.74, 6) is 1.18. The minimum absolute atomic E-state index is 0.269. The molecule has 4 rings (SSSR count). The molecule has 29 heavy (non-hydrogen) atoms. The van der Waals surface area contributed by atoms with Crippen molar-refractivity contribution in [3.05, 3.63) is 109 Å². The Morgan fingerprint density at radius 3 is 0.862 bits per heavy atom. The Morgan fingerprint density at radius 2 is 0.621 bits per heavy atom. The van der Waals surface area contributed by atoms with Crippen LogP contribution in [0.15, 0.2) is 119 Å². The van der Waals surface area contributed by atoms with Crippen molar-refractivity contribution in [2.45, 2.75) is 9.79 Å². The van der Waals surface area contributed by atoms with Crippen LogP contribution in [0.25, 0.3) is 0 Å². The van der Waals surface area contributed by atoms with Crippen molar-refractivity contribution < 1.29 is 20.4 Å². The zero-order chi connectivity index (χ0) is 20.9. The predicted molar refractivity (Wildman–Crippen MR) is 117 cm³/mol. The maximum Gasteiger partial charge on any atom is 0.115 e. The van der Waals surface area contributed by atoms with Crippen molar-refractivity contribution in [2.75, 3.05) is 0 Å². The Labute approximate surface area is 174 Å². The maximum atomic E-state index is 9.12. The van der Waals surface area contributed by atoms with Gasteiger partial charge < -0.3 is 20.4 Å². The van der Waals surface area contributed by atoms with Crippen LogP contribution >= 0.6 is 11.8 Å². The van der Waals surface area contributed by atoms with Gasteiger partial charge in [-0.2, -0.15) is 0 Å². The average molecular weight is 407 g/mol. The minimum atomic E-state index is 0.269. The number of para-hydroxylation sites is 2. The van der Waals surface area contributed by atoms with Gasteiger partial charge in [0.05, 0.1) is 0 Å². The summed E-state index contributed by atoms with van der Waals surface area (Å²) < 4.78 is 0. The van der Waals surface area contributed by atoms with Gasteiger partial charge in [-0.1, -0.05) is 48.2 Å². The monoisotopic (exact) mass is 406 g/mol. The normalized spacial score (nSPS) is 9.38. The average Bonchev–Trinajstić information content (AvgIpc) is 2.74. The Kier molecular flexibility index (Phi) is 8.99. The summed E-state index contributed by atoms with van der Waals surface area (Å²) in [7, 11) is 0. The van der Waals surface area contributed by atoms with Crippen molar-refractivity contribution in [2.24, 2.45) is 0 Å². The van der Waals surface area contributed by atoms with Crippen LogP contribution < -0.4 is 0 Å². The molecule has 0 atom stereocenters. The minimum Gasteiger partial charge on any atom is -0.508 e. The Balaban J connectivity index is 0.000000178. The molecule has 0 fully saturated rings. The first-order chi connectivity index (χ1) is 14.0. The van der Waals surface area contributed by atoms with E-state index >= 15 is 0 Å². The van der Waals surface area contributed by atoms with E-state index in [0.717, 1.165) is 9.79 Å². The lowest BCUT2D eigenvalue weighted by molar-refractivity contribution is 0.474. The molecule has 0 heterocycles. The second kappa shape index (κ2) is 12.0. The molecule has 0 aliphatic rings. The second-order valence-corrected chi connectivity index (χ2v) is 6.91. The van der Waals surface area contributed by atoms with Crippen molar-refractivity contribution in [1.29, 1.82) is 0 Å². The molecule has 5 heteroatoms. The van der Waals surface area contributed by atoms with Crippen molar-refractivity contribution in [1.82, 2.24) is 0 Å². The maximum absolute atomic E-state index is 9.12.